The third-order valence-electron chi connectivity index (χ3n) is 3.85. The number of hydrogen-bond acceptors (Lipinski definition) is 1. The Bertz CT molecular complexity index is 290. The molecule has 1 nitrogen and oxygen atoms in total. The van der Waals surface area contributed by atoms with Crippen LogP contribution < -0.4 is 0 Å². The van der Waals surface area contributed by atoms with E-state index in [1.807, 2.05) is 6.08 Å². The smallest absolute Gasteiger partial charge is 0.0901 e. The fraction of sp³-hybridized carbons (Fsp3) is 0.733. The van der Waals surface area contributed by atoms with Gasteiger partial charge >= 0.3 is 0 Å². The van der Waals surface area contributed by atoms with E-state index in [2.05, 4.69) is 19.1 Å². The Balaban J connectivity index is 1.58. The summed E-state index contributed by atoms with van der Waals surface area (Å²) < 4.78 is 0. The second-order valence-electron chi connectivity index (χ2n) is 5.39. The molecule has 90 valence electrons. The Hall–Kier alpha value is -0.560. The van der Waals surface area contributed by atoms with Crippen molar-refractivity contribution < 1.29 is 5.11 Å². The summed E-state index contributed by atoms with van der Waals surface area (Å²) in [6.45, 7) is 2.26. The molecule has 2 unspecified atom stereocenters. The molecule has 0 amide bonds. The number of allylic oxidation sites excluding steroid dienone is 2. The van der Waals surface area contributed by atoms with Gasteiger partial charge in [0.25, 0.3) is 0 Å². The third-order valence-corrected chi connectivity index (χ3v) is 3.85. The normalized spacial score (nSPS) is 31.1. The monoisotopic (exact) mass is 220 g/mol. The number of hydrogen-bond donors (Lipinski definition) is 1. The highest BCUT2D eigenvalue weighted by Gasteiger charge is 2.50. The van der Waals surface area contributed by atoms with E-state index in [0.717, 1.165) is 6.42 Å². The minimum atomic E-state index is -0.440. The number of fused-ring (bicyclic) bond motifs is 1. The van der Waals surface area contributed by atoms with Crippen molar-refractivity contribution in [2.24, 2.45) is 5.92 Å². The molecule has 0 heterocycles. The van der Waals surface area contributed by atoms with E-state index in [0.29, 0.717) is 5.92 Å². The van der Waals surface area contributed by atoms with Crippen LogP contribution in [0, 0.1) is 5.92 Å². The van der Waals surface area contributed by atoms with Crippen LogP contribution in [0.25, 0.3) is 0 Å². The van der Waals surface area contributed by atoms with Crippen LogP contribution in [0.1, 0.15) is 58.3 Å². The summed E-state index contributed by atoms with van der Waals surface area (Å²) in [4.78, 5) is 0. The maximum atomic E-state index is 9.80. The third kappa shape index (κ3) is 2.98. The van der Waals surface area contributed by atoms with Gasteiger partial charge < -0.3 is 5.11 Å². The van der Waals surface area contributed by atoms with Crippen molar-refractivity contribution >= 4 is 0 Å². The zero-order valence-electron chi connectivity index (χ0n) is 10.4. The van der Waals surface area contributed by atoms with Gasteiger partial charge in [-0.2, -0.15) is 0 Å². The summed E-state index contributed by atoms with van der Waals surface area (Å²) in [7, 11) is 0. The van der Waals surface area contributed by atoms with Crippen molar-refractivity contribution in [2.75, 3.05) is 0 Å². The van der Waals surface area contributed by atoms with Gasteiger partial charge in [-0.05, 0) is 19.3 Å². The Morgan fingerprint density at radius 3 is 2.75 bits per heavy atom. The second kappa shape index (κ2) is 5.18. The summed E-state index contributed by atoms with van der Waals surface area (Å²) in [5.74, 6) is 0.438. The average molecular weight is 220 g/mol. The van der Waals surface area contributed by atoms with Crippen LogP contribution in [0.4, 0.5) is 0 Å². The molecule has 2 atom stereocenters. The zero-order chi connectivity index (χ0) is 11.4. The minimum absolute atomic E-state index is 0.438. The molecular formula is C15H24O. The standard InChI is InChI=1S/C15H24O/c1-2-3-4-5-6-7-8-13-9-10-15(16)12-14(15)11-13/h9-11,14,16H,2-8,12H2,1H3. The van der Waals surface area contributed by atoms with Gasteiger partial charge in [-0.15, -0.1) is 0 Å². The highest BCUT2D eigenvalue weighted by atomic mass is 16.3. The van der Waals surface area contributed by atoms with Gasteiger partial charge in [0.15, 0.2) is 0 Å². The molecule has 0 aromatic heterocycles. The lowest BCUT2D eigenvalue weighted by Gasteiger charge is -2.10. The molecule has 1 heteroatoms. The highest BCUT2D eigenvalue weighted by Crippen LogP contribution is 2.49. The van der Waals surface area contributed by atoms with E-state index in [1.54, 1.807) is 0 Å². The molecule has 0 aromatic rings. The summed E-state index contributed by atoms with van der Waals surface area (Å²) >= 11 is 0. The zero-order valence-corrected chi connectivity index (χ0v) is 10.4. The van der Waals surface area contributed by atoms with Gasteiger partial charge in [0, 0.05) is 5.92 Å². The van der Waals surface area contributed by atoms with Crippen molar-refractivity contribution in [1.29, 1.82) is 0 Å². The number of rotatable bonds is 7. The molecule has 2 aliphatic rings. The van der Waals surface area contributed by atoms with Crippen molar-refractivity contribution in [3.05, 3.63) is 23.8 Å². The molecule has 2 aliphatic carbocycles. The van der Waals surface area contributed by atoms with Gasteiger partial charge in [0.1, 0.15) is 0 Å². The maximum Gasteiger partial charge on any atom is 0.0901 e. The lowest BCUT2D eigenvalue weighted by Crippen LogP contribution is -2.08. The van der Waals surface area contributed by atoms with Crippen molar-refractivity contribution in [1.82, 2.24) is 0 Å². The first kappa shape index (κ1) is 11.9. The van der Waals surface area contributed by atoms with Crippen LogP contribution in [0.15, 0.2) is 23.8 Å². The SMILES string of the molecule is CCCCCCCCC1=CC2CC2(O)C=C1. The topological polar surface area (TPSA) is 20.2 Å². The number of unbranched alkanes of at least 4 members (excludes halogenated alkanes) is 5. The summed E-state index contributed by atoms with van der Waals surface area (Å²) in [6, 6.07) is 0. The summed E-state index contributed by atoms with van der Waals surface area (Å²) in [5, 5.41) is 9.80. The molecule has 0 radical (unpaired) electrons. The Morgan fingerprint density at radius 2 is 2.00 bits per heavy atom. The van der Waals surface area contributed by atoms with E-state index in [4.69, 9.17) is 0 Å². The predicted molar refractivity (Wildman–Crippen MR) is 68.3 cm³/mol. The van der Waals surface area contributed by atoms with Crippen molar-refractivity contribution in [3.8, 4) is 0 Å². The minimum Gasteiger partial charge on any atom is -0.385 e. The van der Waals surface area contributed by atoms with Crippen molar-refractivity contribution in [2.45, 2.75) is 63.9 Å². The molecule has 0 aromatic carbocycles. The van der Waals surface area contributed by atoms with E-state index >= 15 is 0 Å². The maximum absolute atomic E-state index is 9.80. The van der Waals surface area contributed by atoms with E-state index in [9.17, 15) is 5.11 Å². The molecule has 0 saturated heterocycles. The Kier molecular flexibility index (Phi) is 3.86. The van der Waals surface area contributed by atoms with Crippen LogP contribution in [0.5, 0.6) is 0 Å². The fourth-order valence-corrected chi connectivity index (χ4v) is 2.53. The van der Waals surface area contributed by atoms with Crippen LogP contribution in [0.3, 0.4) is 0 Å². The first-order valence-electron chi connectivity index (χ1n) is 6.87. The molecule has 1 N–H and O–H groups in total. The first-order valence-corrected chi connectivity index (χ1v) is 6.87. The fourth-order valence-electron chi connectivity index (χ4n) is 2.53. The van der Waals surface area contributed by atoms with Gasteiger partial charge in [-0.3, -0.25) is 0 Å². The van der Waals surface area contributed by atoms with Gasteiger partial charge in [0.05, 0.1) is 5.60 Å². The predicted octanol–water partition coefficient (Wildman–Crippen LogP) is 3.98. The largest absolute Gasteiger partial charge is 0.385 e. The number of aliphatic hydroxyl groups is 1. The molecular weight excluding hydrogens is 196 g/mol. The lowest BCUT2D eigenvalue weighted by atomic mass is 9.99. The quantitative estimate of drug-likeness (QED) is 0.643. The first-order chi connectivity index (χ1) is 7.74. The van der Waals surface area contributed by atoms with Crippen LogP contribution in [-0.4, -0.2) is 10.7 Å². The molecule has 0 bridgehead atoms. The summed E-state index contributed by atoms with van der Waals surface area (Å²) in [6.07, 6.45) is 16.7. The van der Waals surface area contributed by atoms with Crippen molar-refractivity contribution in [3.63, 3.8) is 0 Å². The summed E-state index contributed by atoms with van der Waals surface area (Å²) in [5.41, 5.74) is 1.01. The van der Waals surface area contributed by atoms with E-state index in [1.165, 1.54) is 50.5 Å². The molecule has 0 spiro atoms. The van der Waals surface area contributed by atoms with Crippen LogP contribution >= 0.6 is 0 Å². The lowest BCUT2D eigenvalue weighted by molar-refractivity contribution is 0.189. The molecule has 1 saturated carbocycles. The molecule has 0 aliphatic heterocycles. The van der Waals surface area contributed by atoms with Gasteiger partial charge in [-0.25, -0.2) is 0 Å². The van der Waals surface area contributed by atoms with Crippen LogP contribution in [0.2, 0.25) is 0 Å². The second-order valence-corrected chi connectivity index (χ2v) is 5.39. The Morgan fingerprint density at radius 1 is 1.25 bits per heavy atom. The van der Waals surface area contributed by atoms with Gasteiger partial charge in [0.2, 0.25) is 0 Å². The van der Waals surface area contributed by atoms with Gasteiger partial charge in [-0.1, -0.05) is 62.8 Å². The average Bonchev–Trinajstić information content (AvgIpc) is 2.94. The van der Waals surface area contributed by atoms with Crippen LogP contribution in [-0.2, 0) is 0 Å². The van der Waals surface area contributed by atoms with E-state index < -0.39 is 5.60 Å². The highest BCUT2D eigenvalue weighted by molar-refractivity contribution is 5.37. The molecule has 16 heavy (non-hydrogen) atoms. The van der Waals surface area contributed by atoms with E-state index in [-0.39, 0.29) is 0 Å². The molecule has 1 fully saturated rings. The molecule has 2 rings (SSSR count). The Labute approximate surface area is 99.3 Å².